The Morgan fingerprint density at radius 3 is 2.41 bits per heavy atom. The lowest BCUT2D eigenvalue weighted by molar-refractivity contribution is -0.384. The molecule has 29 heavy (non-hydrogen) atoms. The van der Waals surface area contributed by atoms with Crippen LogP contribution >= 0.6 is 11.8 Å². The second-order valence-corrected chi connectivity index (χ2v) is 7.47. The van der Waals surface area contributed by atoms with Gasteiger partial charge in [-0.15, -0.1) is 0 Å². The largest absolute Gasteiger partial charge is 0.493 e. The van der Waals surface area contributed by atoms with Gasteiger partial charge in [0.1, 0.15) is 0 Å². The molecule has 8 nitrogen and oxygen atoms in total. The minimum atomic E-state index is -0.454. The summed E-state index contributed by atoms with van der Waals surface area (Å²) >= 11 is 1.22. The fourth-order valence-corrected chi connectivity index (χ4v) is 3.92. The van der Waals surface area contributed by atoms with Gasteiger partial charge in [0.05, 0.1) is 36.6 Å². The molecule has 0 aliphatic carbocycles. The third-order valence-corrected chi connectivity index (χ3v) is 5.77. The first-order valence-corrected chi connectivity index (χ1v) is 9.87. The molecule has 0 radical (unpaired) electrons. The Morgan fingerprint density at radius 2 is 1.83 bits per heavy atom. The van der Waals surface area contributed by atoms with Crippen molar-refractivity contribution in [2.75, 3.05) is 14.2 Å². The second-order valence-electron chi connectivity index (χ2n) is 6.32. The maximum atomic E-state index is 12.6. The predicted molar refractivity (Wildman–Crippen MR) is 112 cm³/mol. The molecule has 0 fully saturated rings. The van der Waals surface area contributed by atoms with Crippen molar-refractivity contribution in [2.45, 2.75) is 25.1 Å². The van der Waals surface area contributed by atoms with Gasteiger partial charge in [-0.3, -0.25) is 14.9 Å². The van der Waals surface area contributed by atoms with Gasteiger partial charge < -0.3 is 9.47 Å². The van der Waals surface area contributed by atoms with Crippen LogP contribution in [0.25, 0.3) is 0 Å². The van der Waals surface area contributed by atoms with Crippen LogP contribution in [0, 0.1) is 10.1 Å². The standard InChI is InChI=1S/C20H21N3O5S/c1-4-18-19(14-7-10-16(27-2)17(11-14)28-3)21-22(20(24)29-18)12-13-5-8-15(9-6-13)23(25)26/h5-11,18H,4,12H2,1-3H3. The molecular formula is C20H21N3O5S. The van der Waals surface area contributed by atoms with Gasteiger partial charge in [0.15, 0.2) is 11.5 Å². The number of methoxy groups -OCH3 is 2. The predicted octanol–water partition coefficient (Wildman–Crippen LogP) is 4.46. The van der Waals surface area contributed by atoms with E-state index in [9.17, 15) is 14.9 Å². The third kappa shape index (κ3) is 4.51. The Hall–Kier alpha value is -3.07. The fraction of sp³-hybridized carbons (Fsp3) is 0.300. The van der Waals surface area contributed by atoms with Crippen molar-refractivity contribution < 1.29 is 19.2 Å². The molecule has 1 atom stereocenters. The molecule has 0 spiro atoms. The molecule has 1 amide bonds. The maximum Gasteiger partial charge on any atom is 0.302 e. The summed E-state index contributed by atoms with van der Waals surface area (Å²) in [4.78, 5) is 22.9. The monoisotopic (exact) mass is 415 g/mol. The van der Waals surface area contributed by atoms with E-state index in [1.165, 1.54) is 28.9 Å². The highest BCUT2D eigenvalue weighted by atomic mass is 32.2. The van der Waals surface area contributed by atoms with Crippen molar-refractivity contribution >= 4 is 28.4 Å². The van der Waals surface area contributed by atoms with E-state index in [1.807, 2.05) is 25.1 Å². The molecule has 9 heteroatoms. The van der Waals surface area contributed by atoms with Crippen LogP contribution in [0.3, 0.4) is 0 Å². The van der Waals surface area contributed by atoms with Crippen LogP contribution in [-0.2, 0) is 6.54 Å². The van der Waals surface area contributed by atoms with E-state index < -0.39 is 4.92 Å². The molecule has 2 aromatic rings. The number of non-ortho nitro benzene ring substituents is 1. The first kappa shape index (κ1) is 20.7. The number of thioether (sulfide) groups is 1. The fourth-order valence-electron chi connectivity index (χ4n) is 2.99. The number of rotatable bonds is 7. The Morgan fingerprint density at radius 1 is 1.14 bits per heavy atom. The number of carbonyl (C=O) groups excluding carboxylic acids is 1. The van der Waals surface area contributed by atoms with Crippen LogP contribution in [0.4, 0.5) is 10.5 Å². The van der Waals surface area contributed by atoms with Gasteiger partial charge in [0.2, 0.25) is 0 Å². The highest BCUT2D eigenvalue weighted by Gasteiger charge is 2.30. The van der Waals surface area contributed by atoms with E-state index in [-0.39, 0.29) is 22.7 Å². The lowest BCUT2D eigenvalue weighted by atomic mass is 10.0. The number of hydrazone groups is 1. The molecule has 0 aromatic heterocycles. The van der Waals surface area contributed by atoms with Crippen molar-refractivity contribution in [3.8, 4) is 11.5 Å². The van der Waals surface area contributed by atoms with Crippen LogP contribution in [-0.4, -0.2) is 40.4 Å². The first-order chi connectivity index (χ1) is 14.0. The quantitative estimate of drug-likeness (QED) is 0.489. The van der Waals surface area contributed by atoms with E-state index in [2.05, 4.69) is 5.10 Å². The number of nitrogens with zero attached hydrogens (tertiary/aromatic N) is 3. The summed E-state index contributed by atoms with van der Waals surface area (Å²) in [5.41, 5.74) is 2.40. The van der Waals surface area contributed by atoms with Crippen LogP contribution in [0.1, 0.15) is 24.5 Å². The van der Waals surface area contributed by atoms with Crippen LogP contribution < -0.4 is 9.47 Å². The zero-order chi connectivity index (χ0) is 21.0. The lowest BCUT2D eigenvalue weighted by Crippen LogP contribution is -2.34. The number of benzene rings is 2. The van der Waals surface area contributed by atoms with Crippen molar-refractivity contribution in [2.24, 2.45) is 5.10 Å². The molecule has 1 heterocycles. The maximum absolute atomic E-state index is 12.6. The summed E-state index contributed by atoms with van der Waals surface area (Å²) in [5.74, 6) is 1.21. The van der Waals surface area contributed by atoms with E-state index in [0.29, 0.717) is 11.5 Å². The van der Waals surface area contributed by atoms with E-state index >= 15 is 0 Å². The van der Waals surface area contributed by atoms with Crippen molar-refractivity contribution in [1.29, 1.82) is 0 Å². The number of ether oxygens (including phenoxy) is 2. The normalized spacial score (nSPS) is 16.4. The number of amides is 1. The highest BCUT2D eigenvalue weighted by molar-refractivity contribution is 8.14. The highest BCUT2D eigenvalue weighted by Crippen LogP contribution is 2.33. The zero-order valence-corrected chi connectivity index (χ0v) is 17.1. The van der Waals surface area contributed by atoms with Gasteiger partial charge >= 0.3 is 5.24 Å². The zero-order valence-electron chi connectivity index (χ0n) is 16.3. The number of nitro benzene ring substituents is 1. The van der Waals surface area contributed by atoms with Gasteiger partial charge in [-0.1, -0.05) is 30.8 Å². The minimum Gasteiger partial charge on any atom is -0.493 e. The summed E-state index contributed by atoms with van der Waals surface area (Å²) in [7, 11) is 3.14. The van der Waals surface area contributed by atoms with Crippen molar-refractivity contribution in [3.05, 3.63) is 63.7 Å². The molecule has 3 rings (SSSR count). The molecule has 1 aliphatic rings. The van der Waals surface area contributed by atoms with Crippen molar-refractivity contribution in [3.63, 3.8) is 0 Å². The van der Waals surface area contributed by atoms with Crippen molar-refractivity contribution in [1.82, 2.24) is 5.01 Å². The number of nitro groups is 1. The molecule has 0 saturated carbocycles. The first-order valence-electron chi connectivity index (χ1n) is 8.99. The molecule has 0 N–H and O–H groups in total. The summed E-state index contributed by atoms with van der Waals surface area (Å²) in [6, 6.07) is 11.7. The van der Waals surface area contributed by atoms with Crippen LogP contribution in [0.2, 0.25) is 0 Å². The van der Waals surface area contributed by atoms with E-state index in [1.54, 1.807) is 26.4 Å². The summed E-state index contributed by atoms with van der Waals surface area (Å²) < 4.78 is 10.7. The molecule has 0 bridgehead atoms. The summed E-state index contributed by atoms with van der Waals surface area (Å²) in [6.45, 7) is 2.24. The van der Waals surface area contributed by atoms with Crippen LogP contribution in [0.5, 0.6) is 11.5 Å². The lowest BCUT2D eigenvalue weighted by Gasteiger charge is -2.28. The smallest absolute Gasteiger partial charge is 0.302 e. The Balaban J connectivity index is 1.92. The molecular weight excluding hydrogens is 394 g/mol. The van der Waals surface area contributed by atoms with Gasteiger partial charge in [-0.2, -0.15) is 5.10 Å². The summed E-state index contributed by atoms with van der Waals surface area (Å²) in [6.07, 6.45) is 0.745. The molecule has 0 saturated heterocycles. The van der Waals surface area contributed by atoms with E-state index in [0.717, 1.165) is 23.3 Å². The Labute approximate surface area is 172 Å². The molecule has 152 valence electrons. The minimum absolute atomic E-state index is 0.00802. The Bertz CT molecular complexity index is 946. The number of carbonyl (C=O) groups is 1. The van der Waals surface area contributed by atoms with Gasteiger partial charge in [-0.25, -0.2) is 5.01 Å². The number of hydrogen-bond acceptors (Lipinski definition) is 7. The average molecular weight is 415 g/mol. The molecule has 1 unspecified atom stereocenters. The average Bonchev–Trinajstić information content (AvgIpc) is 2.74. The number of hydrogen-bond donors (Lipinski definition) is 0. The van der Waals surface area contributed by atoms with E-state index in [4.69, 9.17) is 9.47 Å². The topological polar surface area (TPSA) is 94.3 Å². The SMILES string of the molecule is CCC1SC(=O)N(Cc2ccc([N+](=O)[O-])cc2)N=C1c1ccc(OC)c(OC)c1. The van der Waals surface area contributed by atoms with Gasteiger partial charge in [-0.05, 0) is 30.2 Å². The van der Waals surface area contributed by atoms with Gasteiger partial charge in [0, 0.05) is 17.7 Å². The Kier molecular flexibility index (Phi) is 6.38. The molecule has 2 aromatic carbocycles. The van der Waals surface area contributed by atoms with Crippen LogP contribution in [0.15, 0.2) is 47.6 Å². The van der Waals surface area contributed by atoms with Gasteiger partial charge in [0.25, 0.3) is 5.69 Å². The second kappa shape index (κ2) is 8.95. The third-order valence-electron chi connectivity index (χ3n) is 4.52. The summed E-state index contributed by atoms with van der Waals surface area (Å²) in [5, 5.41) is 16.6. The molecule has 1 aliphatic heterocycles.